The van der Waals surface area contributed by atoms with Crippen LogP contribution in [0.2, 0.25) is 5.02 Å². The van der Waals surface area contributed by atoms with Gasteiger partial charge in [-0.3, -0.25) is 15.6 Å². The van der Waals surface area contributed by atoms with Crippen LogP contribution in [0.3, 0.4) is 0 Å². The van der Waals surface area contributed by atoms with Crippen LogP contribution in [0.25, 0.3) is 0 Å². The first-order valence-electron chi connectivity index (χ1n) is 7.83. The van der Waals surface area contributed by atoms with Gasteiger partial charge in [0.25, 0.3) is 0 Å². The summed E-state index contributed by atoms with van der Waals surface area (Å²) in [6.45, 7) is 0. The van der Waals surface area contributed by atoms with Crippen molar-refractivity contribution in [3.63, 3.8) is 0 Å². The van der Waals surface area contributed by atoms with Gasteiger partial charge in [0.15, 0.2) is 5.11 Å². The molecule has 5 nitrogen and oxygen atoms in total. The van der Waals surface area contributed by atoms with E-state index in [1.807, 2.05) is 48.5 Å². The first-order valence-corrected chi connectivity index (χ1v) is 8.62. The number of amides is 1. The number of ether oxygens (including phenoxy) is 1. The average molecular weight is 376 g/mol. The quantitative estimate of drug-likeness (QED) is 0.564. The fourth-order valence-electron chi connectivity index (χ4n) is 2.64. The second kappa shape index (κ2) is 7.72. The number of methoxy groups -OCH3 is 1. The Morgan fingerprint density at radius 1 is 1.20 bits per heavy atom. The lowest BCUT2D eigenvalue weighted by atomic mass is 10.1. The van der Waals surface area contributed by atoms with Crippen molar-refractivity contribution in [2.45, 2.75) is 12.3 Å². The molecule has 3 N–H and O–H groups in total. The second-order valence-corrected chi connectivity index (χ2v) is 6.65. The molecule has 0 saturated heterocycles. The highest BCUT2D eigenvalue weighted by molar-refractivity contribution is 7.80. The molecule has 25 heavy (non-hydrogen) atoms. The number of carbonyl (C=O) groups is 1. The highest BCUT2D eigenvalue weighted by atomic mass is 35.5. The van der Waals surface area contributed by atoms with Crippen molar-refractivity contribution in [3.05, 3.63) is 59.1 Å². The molecule has 130 valence electrons. The van der Waals surface area contributed by atoms with Gasteiger partial charge in [-0.2, -0.15) is 0 Å². The number of thiocarbonyl (C=S) groups is 1. The van der Waals surface area contributed by atoms with E-state index >= 15 is 0 Å². The zero-order chi connectivity index (χ0) is 17.8. The van der Waals surface area contributed by atoms with Gasteiger partial charge < -0.3 is 10.1 Å². The molecular formula is C18H18ClN3O2S. The Morgan fingerprint density at radius 3 is 2.68 bits per heavy atom. The Bertz CT molecular complexity index is 782. The second-order valence-electron chi connectivity index (χ2n) is 5.80. The zero-order valence-corrected chi connectivity index (χ0v) is 15.2. The summed E-state index contributed by atoms with van der Waals surface area (Å²) in [6, 6.07) is 15.0. The molecule has 0 spiro atoms. The molecule has 0 radical (unpaired) electrons. The summed E-state index contributed by atoms with van der Waals surface area (Å²) >= 11 is 11.1. The normalized spacial score (nSPS) is 18.2. The van der Waals surface area contributed by atoms with Gasteiger partial charge in [-0.05, 0) is 54.4 Å². The molecule has 1 saturated carbocycles. The third-order valence-electron chi connectivity index (χ3n) is 4.05. The summed E-state index contributed by atoms with van der Waals surface area (Å²) < 4.78 is 5.15. The van der Waals surface area contributed by atoms with Crippen LogP contribution in [0.4, 0.5) is 5.69 Å². The Morgan fingerprint density at radius 2 is 1.96 bits per heavy atom. The van der Waals surface area contributed by atoms with Crippen molar-refractivity contribution >= 4 is 40.5 Å². The van der Waals surface area contributed by atoms with Crippen molar-refractivity contribution in [1.29, 1.82) is 0 Å². The van der Waals surface area contributed by atoms with Crippen molar-refractivity contribution < 1.29 is 9.53 Å². The number of nitrogens with one attached hydrogen (secondary N) is 3. The minimum Gasteiger partial charge on any atom is -0.497 e. The lowest BCUT2D eigenvalue weighted by molar-refractivity contribution is -0.122. The first kappa shape index (κ1) is 17.5. The monoisotopic (exact) mass is 375 g/mol. The van der Waals surface area contributed by atoms with E-state index < -0.39 is 0 Å². The molecule has 2 aromatic rings. The number of halogens is 1. The summed E-state index contributed by atoms with van der Waals surface area (Å²) in [5.41, 5.74) is 7.29. The molecule has 0 unspecified atom stereocenters. The van der Waals surface area contributed by atoms with E-state index in [0.717, 1.165) is 23.4 Å². The Hall–Kier alpha value is -2.31. The molecule has 1 amide bonds. The topological polar surface area (TPSA) is 62.4 Å². The largest absolute Gasteiger partial charge is 0.497 e. The smallest absolute Gasteiger partial charge is 0.242 e. The van der Waals surface area contributed by atoms with Gasteiger partial charge in [0, 0.05) is 22.7 Å². The van der Waals surface area contributed by atoms with Gasteiger partial charge in [-0.25, -0.2) is 0 Å². The minimum atomic E-state index is -0.0743. The molecule has 3 rings (SSSR count). The molecule has 0 aromatic heterocycles. The fourth-order valence-corrected chi connectivity index (χ4v) is 2.93. The third-order valence-corrected chi connectivity index (χ3v) is 4.51. The van der Waals surface area contributed by atoms with Crippen LogP contribution < -0.4 is 20.9 Å². The van der Waals surface area contributed by atoms with E-state index in [2.05, 4.69) is 16.2 Å². The Labute approximate surface area is 156 Å². The number of hydrogen-bond donors (Lipinski definition) is 3. The van der Waals surface area contributed by atoms with Crippen molar-refractivity contribution in [3.8, 4) is 5.75 Å². The zero-order valence-electron chi connectivity index (χ0n) is 13.6. The molecule has 7 heteroatoms. The van der Waals surface area contributed by atoms with Crippen molar-refractivity contribution in [2.24, 2.45) is 5.92 Å². The number of hydrogen-bond acceptors (Lipinski definition) is 3. The molecule has 2 aromatic carbocycles. The van der Waals surface area contributed by atoms with Crippen LogP contribution >= 0.6 is 23.8 Å². The molecule has 1 aliphatic carbocycles. The van der Waals surface area contributed by atoms with Crippen LogP contribution in [-0.4, -0.2) is 18.1 Å². The summed E-state index contributed by atoms with van der Waals surface area (Å²) in [6.07, 6.45) is 0.825. The third kappa shape index (κ3) is 4.61. The van der Waals surface area contributed by atoms with Gasteiger partial charge in [-0.1, -0.05) is 29.8 Å². The number of anilines is 1. The van der Waals surface area contributed by atoms with Crippen molar-refractivity contribution in [1.82, 2.24) is 10.9 Å². The van der Waals surface area contributed by atoms with E-state index in [0.29, 0.717) is 10.1 Å². The van der Waals surface area contributed by atoms with E-state index in [1.54, 1.807) is 7.11 Å². The molecule has 0 aliphatic heterocycles. The SMILES string of the molecule is COc1cccc(NC(=S)NNC(=O)[C@H]2C[C@@H]2c2ccc(Cl)cc2)c1. The van der Waals surface area contributed by atoms with E-state index in [1.165, 1.54) is 0 Å². The Kier molecular flexibility index (Phi) is 5.40. The lowest BCUT2D eigenvalue weighted by Crippen LogP contribution is -2.44. The van der Waals surface area contributed by atoms with Gasteiger partial charge in [0.1, 0.15) is 5.75 Å². The number of carbonyl (C=O) groups excluding carboxylic acids is 1. The van der Waals surface area contributed by atoms with Crippen LogP contribution in [0.5, 0.6) is 5.75 Å². The number of rotatable bonds is 4. The van der Waals surface area contributed by atoms with Gasteiger partial charge >= 0.3 is 0 Å². The summed E-state index contributed by atoms with van der Waals surface area (Å²) in [7, 11) is 1.60. The molecular weight excluding hydrogens is 358 g/mol. The fraction of sp³-hybridized carbons (Fsp3) is 0.222. The highest BCUT2D eigenvalue weighted by Crippen LogP contribution is 2.47. The van der Waals surface area contributed by atoms with Gasteiger partial charge in [0.2, 0.25) is 5.91 Å². The predicted molar refractivity (Wildman–Crippen MR) is 103 cm³/mol. The molecule has 1 aliphatic rings. The number of hydrazine groups is 1. The summed E-state index contributed by atoms with van der Waals surface area (Å²) in [5, 5.41) is 4.00. The molecule has 0 heterocycles. The lowest BCUT2D eigenvalue weighted by Gasteiger charge is -2.12. The van der Waals surface area contributed by atoms with Crippen LogP contribution in [0.1, 0.15) is 17.9 Å². The van der Waals surface area contributed by atoms with Crippen LogP contribution in [0.15, 0.2) is 48.5 Å². The average Bonchev–Trinajstić information content (AvgIpc) is 3.41. The maximum atomic E-state index is 12.2. The van der Waals surface area contributed by atoms with Crippen molar-refractivity contribution in [2.75, 3.05) is 12.4 Å². The summed E-state index contributed by atoms with van der Waals surface area (Å²) in [5.74, 6) is 0.836. The minimum absolute atomic E-state index is 0.0479. The first-order chi connectivity index (χ1) is 12.1. The summed E-state index contributed by atoms with van der Waals surface area (Å²) in [4.78, 5) is 12.2. The van der Waals surface area contributed by atoms with E-state index in [-0.39, 0.29) is 17.7 Å². The molecule has 2 atom stereocenters. The van der Waals surface area contributed by atoms with Crippen LogP contribution in [0, 0.1) is 5.92 Å². The van der Waals surface area contributed by atoms with E-state index in [4.69, 9.17) is 28.6 Å². The number of benzene rings is 2. The highest BCUT2D eigenvalue weighted by Gasteiger charge is 2.43. The maximum absolute atomic E-state index is 12.2. The maximum Gasteiger partial charge on any atom is 0.242 e. The van der Waals surface area contributed by atoms with Gasteiger partial charge in [0.05, 0.1) is 7.11 Å². The van der Waals surface area contributed by atoms with E-state index in [9.17, 15) is 4.79 Å². The predicted octanol–water partition coefficient (Wildman–Crippen LogP) is 3.47. The van der Waals surface area contributed by atoms with Crippen LogP contribution in [-0.2, 0) is 4.79 Å². The van der Waals surface area contributed by atoms with Gasteiger partial charge in [-0.15, -0.1) is 0 Å². The molecule has 0 bridgehead atoms. The molecule has 1 fully saturated rings. The Balaban J connectivity index is 1.46. The standard InChI is InChI=1S/C18H18ClN3O2S/c1-24-14-4-2-3-13(9-14)20-18(25)22-21-17(23)16-10-15(16)11-5-7-12(19)8-6-11/h2-9,15-16H,10H2,1H3,(H,21,23)(H2,20,22,25)/t15-,16+/m1/s1.